The molecule has 0 saturated heterocycles. The van der Waals surface area contributed by atoms with Crippen LogP contribution < -0.4 is 5.32 Å². The largest absolute Gasteiger partial charge is 0.508 e. The second-order valence-electron chi connectivity index (χ2n) is 32.6. The predicted octanol–water partition coefficient (Wildman–Crippen LogP) is 12.4. The van der Waals surface area contributed by atoms with E-state index in [-0.39, 0.29) is 101 Å². The lowest BCUT2D eigenvalue weighted by molar-refractivity contribution is -0.253. The molecule has 31 nitrogen and oxygen atoms in total. The van der Waals surface area contributed by atoms with E-state index in [1.165, 1.54) is 110 Å². The minimum atomic E-state index is -1.77. The summed E-state index contributed by atoms with van der Waals surface area (Å²) < 4.78 is 5.08. The molecule has 9 aromatic carbocycles. The normalized spacial score (nSPS) is 19.4. The van der Waals surface area contributed by atoms with Crippen LogP contribution in [0.5, 0.6) is 69.0 Å². The van der Waals surface area contributed by atoms with E-state index in [9.17, 15) is 100 Å². The van der Waals surface area contributed by atoms with E-state index in [1.54, 1.807) is 86.8 Å². The highest BCUT2D eigenvalue weighted by Gasteiger charge is 2.46. The summed E-state index contributed by atoms with van der Waals surface area (Å²) in [4.78, 5) is 72.5. The lowest BCUT2D eigenvalue weighted by Crippen LogP contribution is -2.55. The van der Waals surface area contributed by atoms with Crippen LogP contribution in [0.15, 0.2) is 241 Å². The van der Waals surface area contributed by atoms with Gasteiger partial charge >= 0.3 is 11.9 Å². The summed E-state index contributed by atoms with van der Waals surface area (Å²) in [5.41, 5.74) is 11.7. The van der Waals surface area contributed by atoms with Crippen LogP contribution in [0.1, 0.15) is 146 Å². The highest BCUT2D eigenvalue weighted by atomic mass is 17.1. The fourth-order valence-corrected chi connectivity index (χ4v) is 14.0. The van der Waals surface area contributed by atoms with Crippen LogP contribution in [-0.4, -0.2) is 203 Å². The van der Waals surface area contributed by atoms with Crippen molar-refractivity contribution < 1.29 is 151 Å². The number of esters is 1. The van der Waals surface area contributed by atoms with Crippen LogP contribution in [-0.2, 0) is 57.8 Å². The third kappa shape index (κ3) is 31.3. The molecular weight excluding hydrogens is 1730 g/mol. The van der Waals surface area contributed by atoms with E-state index in [0.717, 1.165) is 52.3 Å². The monoisotopic (exact) mass is 1850 g/mol. The molecule has 2 fully saturated rings. The van der Waals surface area contributed by atoms with Crippen molar-refractivity contribution in [3.63, 3.8) is 0 Å². The van der Waals surface area contributed by atoms with Crippen molar-refractivity contribution >= 4 is 52.3 Å². The van der Waals surface area contributed by atoms with Crippen LogP contribution in [0.3, 0.4) is 0 Å². The van der Waals surface area contributed by atoms with Gasteiger partial charge in [0.05, 0.1) is 29.8 Å². The van der Waals surface area contributed by atoms with Crippen molar-refractivity contribution in [1.82, 2.24) is 5.32 Å². The van der Waals surface area contributed by atoms with E-state index < -0.39 is 89.6 Å². The van der Waals surface area contributed by atoms with Gasteiger partial charge in [0.15, 0.2) is 69.1 Å². The van der Waals surface area contributed by atoms with Crippen molar-refractivity contribution in [2.24, 2.45) is 17.8 Å². The molecule has 0 bridgehead atoms. The number of carbonyl (C=O) groups excluding carboxylic acids is 5. The number of phenolic OH excluding ortho intramolecular Hbond substituents is 12. The third-order valence-corrected chi connectivity index (χ3v) is 22.0. The molecule has 9 aromatic rings. The molecule has 4 unspecified atom stereocenters. The molecule has 4 aliphatic carbocycles. The molecule has 0 spiro atoms. The number of phenols is 12. The first-order chi connectivity index (χ1) is 62.7. The fraction of sp³-hybridized carbons (Fsp3) is 0.282. The van der Waals surface area contributed by atoms with Gasteiger partial charge in [-0.2, -0.15) is 0 Å². The standard InChI is InChI=1S/C22H18O7.C20H16O2.C19H24O3.C16H20O7.C9H13NO3.C9H12O3.C7H10O5.CH4/c1-12-8-13(2-5-18(12)23)21(14-3-6-19(24)16(9-14)11-29-28)15-4-7-20(25)17(10-15)22(26)27;1-14-2-4-15(5-3-14)20(16-6-10-18(21)11-7-16)17-8-12-19(22)13-9-17;1-12(8-15-4-6-17(20)14(3)10-15)13(2)9-16-5-7-18(21)19(22)11-16;1-16(22)7-12(19)15(21)13(8-16)23-14(20)5-3-9-2-4-10(17)11(18)6-9;1-10-5-9(13)6-2-3-7(11)8(12)4-6;1-2-7(10)6-3-4-8(11)9(12)5-6;1-2-3(8)5(10)7(12)6(11)4(2)9;/h2-10,23-24,28H,11H2,1H3,(H,26,27);2-13,21H,1H3;4-7,10-13,20-22H,8-9H2,1-3H3;2-6,12-13,15,17-19,21-22H,7-8H2,1H3;2-4,9-13H,5H2,1H3;3-5,7,10-12H,2H2,1H3;2-3,6-8,11-12H,1H3;1H4/b21-15+;;;5-3+;;;;/t;;12-,13+;12-,13-,15-,16+;9-;7-;;/m..0100../s1. The number of rotatable bonds is 20. The van der Waals surface area contributed by atoms with Crippen molar-refractivity contribution in [3.05, 3.63) is 314 Å². The lowest BCUT2D eigenvalue weighted by Gasteiger charge is -2.39. The molecular formula is C103H117NO30. The Bertz CT molecular complexity index is 5640. The van der Waals surface area contributed by atoms with Crippen molar-refractivity contribution in [3.8, 4) is 69.0 Å². The van der Waals surface area contributed by atoms with Gasteiger partial charge in [-0.3, -0.25) is 24.4 Å². The van der Waals surface area contributed by atoms with E-state index >= 15 is 0 Å². The number of carboxylic acid groups (broad SMARTS) is 1. The number of ether oxygens (including phenoxy) is 1. The Morgan fingerprint density at radius 2 is 0.963 bits per heavy atom. The van der Waals surface area contributed by atoms with Gasteiger partial charge in [-0.1, -0.05) is 144 Å². The minimum absolute atomic E-state index is 0. The zero-order valence-electron chi connectivity index (χ0n) is 74.3. The first-order valence-corrected chi connectivity index (χ1v) is 42.0. The van der Waals surface area contributed by atoms with Crippen molar-refractivity contribution in [2.75, 3.05) is 13.6 Å². The van der Waals surface area contributed by atoms with Gasteiger partial charge in [-0.05, 0) is 271 Å². The number of carbonyl (C=O) groups is 6. The van der Waals surface area contributed by atoms with Crippen LogP contribution in [0, 0.1) is 38.5 Å². The minimum Gasteiger partial charge on any atom is -0.508 e. The summed E-state index contributed by atoms with van der Waals surface area (Å²) in [6, 6.07) is 48.3. The number of aromatic hydroxyl groups is 12. The average molecular weight is 1850 g/mol. The number of hydrogen-bond donors (Lipinski definition) is 23. The number of benzene rings is 9. The van der Waals surface area contributed by atoms with Gasteiger partial charge in [-0.15, -0.1) is 0 Å². The highest BCUT2D eigenvalue weighted by molar-refractivity contribution is 6.23. The number of aliphatic hydroxyl groups excluding tert-OH is 7. The summed E-state index contributed by atoms with van der Waals surface area (Å²) in [6.45, 7) is 14.9. The second kappa shape index (κ2) is 50.5. The number of nitrogens with one attached hydrogen (secondary N) is 1. The zero-order valence-corrected chi connectivity index (χ0v) is 74.3. The van der Waals surface area contributed by atoms with Gasteiger partial charge < -0.3 is 117 Å². The number of ketones is 4. The maximum atomic E-state index is 11.9. The smallest absolute Gasteiger partial charge is 0.339 e. The van der Waals surface area contributed by atoms with Gasteiger partial charge in [0.2, 0.25) is 0 Å². The van der Waals surface area contributed by atoms with Gasteiger partial charge in [0.1, 0.15) is 65.7 Å². The molecule has 13 rings (SSSR count). The number of aliphatic carboxylic acids is 1. The van der Waals surface area contributed by atoms with Gasteiger partial charge in [0, 0.05) is 31.0 Å². The average Bonchev–Trinajstić information content (AvgIpc) is 0.793. The van der Waals surface area contributed by atoms with E-state index in [4.69, 9.17) is 45.7 Å². The Hall–Kier alpha value is -14.1. The molecule has 714 valence electrons. The number of likely N-dealkylation sites (N-methyl/N-ethyl adjacent to an activating group) is 1. The number of aliphatic hydroxyl groups is 8. The Kier molecular flexibility index (Phi) is 41.0. The van der Waals surface area contributed by atoms with E-state index in [0.29, 0.717) is 80.6 Å². The molecule has 0 heterocycles. The molecule has 134 heavy (non-hydrogen) atoms. The fourth-order valence-electron chi connectivity index (χ4n) is 14.0. The topological polar surface area (TPSA) is 578 Å². The molecule has 12 atom stereocenters. The number of hydrogen-bond acceptors (Lipinski definition) is 30. The number of carboxylic acids is 1. The molecule has 2 saturated carbocycles. The van der Waals surface area contributed by atoms with Crippen LogP contribution >= 0.6 is 0 Å². The number of aryl methyl sites for hydroxylation is 3. The summed E-state index contributed by atoms with van der Waals surface area (Å²) in [5, 5.41) is 209. The maximum absolute atomic E-state index is 11.9. The predicted molar refractivity (Wildman–Crippen MR) is 499 cm³/mol. The van der Waals surface area contributed by atoms with Crippen molar-refractivity contribution in [2.45, 2.75) is 156 Å². The van der Waals surface area contributed by atoms with Gasteiger partial charge in [-0.25, -0.2) is 14.5 Å². The van der Waals surface area contributed by atoms with E-state index in [2.05, 4.69) is 55.2 Å². The quantitative estimate of drug-likeness (QED) is 0.00841. The maximum Gasteiger partial charge on any atom is 0.339 e. The Balaban J connectivity index is 0.000000245. The number of allylic oxidation sites excluding steroid dienone is 9. The Morgan fingerprint density at radius 3 is 1.47 bits per heavy atom. The summed E-state index contributed by atoms with van der Waals surface area (Å²) >= 11 is 0. The molecule has 0 aliphatic heterocycles. The number of Topliss-reactive ketones (excluding diaryl/α,β-unsaturated/α-hetero) is 2. The SMILES string of the molecule is C.CC1C(=O)C(O)C(O)C(=O)C1O.CC[C@H](O)c1ccc(O)c(O)c1.CNC[C@H](O)c1ccc(O)c(O)c1.C[C@]1(O)C[C@@H](O)[C@@H](O)[C@H](OC(=O)/C=C/c2ccc(O)c(O)c2)C1.Cc1cc(/C(=C2/C=CC(=O)C(C(=O)O)=C2)c2ccc(O)c(COO)c2)ccc1O.Cc1cc(C[C@H](C)[C@H](C)Cc2ccc(O)c(O)c2)ccc1O.Cc1ccc(C(=C2C=CC(=O)C=C2)c2ccc(O)cc2)cc1. The second-order valence-corrected chi connectivity index (χ2v) is 32.6. The van der Waals surface area contributed by atoms with Crippen LogP contribution in [0.25, 0.3) is 17.2 Å². The summed E-state index contributed by atoms with van der Waals surface area (Å²) in [5.74, 6) is -5.20. The van der Waals surface area contributed by atoms with Crippen LogP contribution in [0.4, 0.5) is 0 Å². The van der Waals surface area contributed by atoms with E-state index in [1.807, 2.05) is 56.3 Å². The van der Waals surface area contributed by atoms with Crippen molar-refractivity contribution in [1.29, 1.82) is 0 Å². The Morgan fingerprint density at radius 1 is 0.507 bits per heavy atom. The summed E-state index contributed by atoms with van der Waals surface area (Å²) in [6.07, 6.45) is 6.05. The van der Waals surface area contributed by atoms with Gasteiger partial charge in [0.25, 0.3) is 0 Å². The van der Waals surface area contributed by atoms with Crippen LogP contribution in [0.2, 0.25) is 0 Å². The third-order valence-electron chi connectivity index (χ3n) is 22.0. The molecule has 4 aliphatic rings. The molecule has 23 N–H and O–H groups in total. The summed E-state index contributed by atoms with van der Waals surface area (Å²) in [7, 11) is 1.73. The highest BCUT2D eigenvalue weighted by Crippen LogP contribution is 2.39. The lowest BCUT2D eigenvalue weighted by atomic mass is 9.81. The Labute approximate surface area is 774 Å². The first-order valence-electron chi connectivity index (χ1n) is 42.0. The zero-order chi connectivity index (χ0) is 98.6. The molecule has 0 aromatic heterocycles. The molecule has 0 amide bonds. The molecule has 0 radical (unpaired) electrons. The molecule has 31 heteroatoms. The first kappa shape index (κ1) is 109.